The number of unbranched alkanes of at least 4 members (excludes halogenated alkanes) is 1. The largest absolute Gasteiger partial charge is 0.446 e. The molecule has 3 nitrogen and oxygen atoms in total. The number of ether oxygens (including phenoxy) is 1. The molecule has 0 aliphatic carbocycles. The molecule has 1 unspecified atom stereocenters. The Bertz CT molecular complexity index is 554. The van der Waals surface area contributed by atoms with Crippen molar-refractivity contribution in [3.05, 3.63) is 71.8 Å². The molecule has 0 heterocycles. The van der Waals surface area contributed by atoms with E-state index in [1.54, 1.807) is 0 Å². The second-order valence-corrected chi connectivity index (χ2v) is 5.48. The second-order valence-electron chi connectivity index (χ2n) is 5.48. The minimum Gasteiger partial charge on any atom is -0.446 e. The monoisotopic (exact) mass is 297 g/mol. The fourth-order valence-corrected chi connectivity index (χ4v) is 2.59. The van der Waals surface area contributed by atoms with Gasteiger partial charge in [-0.25, -0.2) is 4.79 Å². The van der Waals surface area contributed by atoms with Crippen LogP contribution in [0.1, 0.15) is 30.4 Å². The van der Waals surface area contributed by atoms with Crippen LogP contribution in [0.5, 0.6) is 0 Å². The lowest BCUT2D eigenvalue weighted by Crippen LogP contribution is -2.24. The zero-order chi connectivity index (χ0) is 15.6. The van der Waals surface area contributed by atoms with Gasteiger partial charge in [-0.3, -0.25) is 0 Å². The Morgan fingerprint density at radius 3 is 2.09 bits per heavy atom. The summed E-state index contributed by atoms with van der Waals surface area (Å²) in [5, 5.41) is 0. The Balaban J connectivity index is 1.78. The molecule has 2 N–H and O–H groups in total. The highest BCUT2D eigenvalue weighted by Crippen LogP contribution is 2.14. The molecule has 1 atom stereocenters. The molecular weight excluding hydrogens is 274 g/mol. The highest BCUT2D eigenvalue weighted by atomic mass is 16.6. The molecule has 0 saturated heterocycles. The summed E-state index contributed by atoms with van der Waals surface area (Å²) >= 11 is 0. The summed E-state index contributed by atoms with van der Waals surface area (Å²) in [5.41, 5.74) is 7.69. The molecule has 0 spiro atoms. The van der Waals surface area contributed by atoms with E-state index >= 15 is 0 Å². The zero-order valence-corrected chi connectivity index (χ0v) is 12.8. The third-order valence-electron chi connectivity index (χ3n) is 3.67. The third-order valence-corrected chi connectivity index (χ3v) is 3.67. The van der Waals surface area contributed by atoms with Crippen LogP contribution in [0.4, 0.5) is 4.79 Å². The number of hydrogen-bond donors (Lipinski definition) is 1. The van der Waals surface area contributed by atoms with Crippen molar-refractivity contribution in [3.63, 3.8) is 0 Å². The number of rotatable bonds is 8. The van der Waals surface area contributed by atoms with Crippen molar-refractivity contribution in [1.29, 1.82) is 0 Å². The first-order valence-electron chi connectivity index (χ1n) is 7.78. The highest BCUT2D eigenvalue weighted by Gasteiger charge is 2.13. The Kier molecular flexibility index (Phi) is 6.49. The van der Waals surface area contributed by atoms with Crippen molar-refractivity contribution in [1.82, 2.24) is 0 Å². The van der Waals surface area contributed by atoms with Crippen LogP contribution in [0.3, 0.4) is 0 Å². The minimum absolute atomic E-state index is 0.143. The number of carbonyl (C=O) groups is 1. The number of carbonyl (C=O) groups excluding carboxylic acids is 1. The number of amides is 1. The summed E-state index contributed by atoms with van der Waals surface area (Å²) in [5.74, 6) is 0. The zero-order valence-electron chi connectivity index (χ0n) is 12.8. The molecule has 0 fully saturated rings. The Labute approximate surface area is 132 Å². The predicted octanol–water partition coefficient (Wildman–Crippen LogP) is 4.11. The van der Waals surface area contributed by atoms with E-state index < -0.39 is 6.09 Å². The molecule has 0 bridgehead atoms. The van der Waals surface area contributed by atoms with Crippen molar-refractivity contribution >= 4 is 6.09 Å². The first-order chi connectivity index (χ1) is 10.7. The fourth-order valence-electron chi connectivity index (χ4n) is 2.59. The minimum atomic E-state index is -0.691. The lowest BCUT2D eigenvalue weighted by Gasteiger charge is -2.16. The molecule has 2 rings (SSSR count). The molecule has 0 aliphatic heterocycles. The first kappa shape index (κ1) is 16.1. The molecule has 2 aromatic rings. The lowest BCUT2D eigenvalue weighted by molar-refractivity contribution is 0.0995. The lowest BCUT2D eigenvalue weighted by atomic mass is 10.0. The average Bonchev–Trinajstić information content (AvgIpc) is 2.53. The van der Waals surface area contributed by atoms with Gasteiger partial charge in [0.05, 0.1) is 0 Å². The van der Waals surface area contributed by atoms with Crippen molar-refractivity contribution in [3.8, 4) is 0 Å². The highest BCUT2D eigenvalue weighted by molar-refractivity contribution is 5.64. The summed E-state index contributed by atoms with van der Waals surface area (Å²) in [4.78, 5) is 11.1. The van der Waals surface area contributed by atoms with E-state index in [1.807, 2.05) is 36.4 Å². The average molecular weight is 297 g/mol. The molecule has 22 heavy (non-hydrogen) atoms. The molecular formula is C19H23NO2. The maximum Gasteiger partial charge on any atom is 0.404 e. The van der Waals surface area contributed by atoms with Crippen LogP contribution in [0, 0.1) is 0 Å². The van der Waals surface area contributed by atoms with Gasteiger partial charge in [-0.1, -0.05) is 60.7 Å². The smallest absolute Gasteiger partial charge is 0.404 e. The van der Waals surface area contributed by atoms with E-state index in [9.17, 15) is 4.79 Å². The van der Waals surface area contributed by atoms with Gasteiger partial charge < -0.3 is 10.5 Å². The van der Waals surface area contributed by atoms with E-state index in [1.165, 1.54) is 5.56 Å². The van der Waals surface area contributed by atoms with E-state index in [0.717, 1.165) is 37.7 Å². The predicted molar refractivity (Wildman–Crippen MR) is 88.6 cm³/mol. The molecule has 0 aromatic heterocycles. The van der Waals surface area contributed by atoms with Crippen LogP contribution in [0.25, 0.3) is 0 Å². The fraction of sp³-hybridized carbons (Fsp3) is 0.316. The van der Waals surface area contributed by atoms with E-state index in [4.69, 9.17) is 10.5 Å². The molecule has 3 heteroatoms. The summed E-state index contributed by atoms with van der Waals surface area (Å²) in [6, 6.07) is 20.5. The van der Waals surface area contributed by atoms with Gasteiger partial charge in [0.25, 0.3) is 0 Å². The maximum atomic E-state index is 11.1. The standard InChI is InChI=1S/C19H23NO2/c20-19(21)22-18(15-17-12-5-2-6-13-17)14-8-7-11-16-9-3-1-4-10-16/h1-6,9-10,12-13,18H,7-8,11,14-15H2,(H2,20,21). The molecule has 0 radical (unpaired) electrons. The summed E-state index contributed by atoms with van der Waals surface area (Å²) < 4.78 is 5.25. The van der Waals surface area contributed by atoms with Crippen LogP contribution in [0.15, 0.2) is 60.7 Å². The van der Waals surface area contributed by atoms with E-state index in [0.29, 0.717) is 0 Å². The van der Waals surface area contributed by atoms with Gasteiger partial charge >= 0.3 is 6.09 Å². The SMILES string of the molecule is NC(=O)OC(CCCCc1ccccc1)Cc1ccccc1. The van der Waals surface area contributed by atoms with Crippen molar-refractivity contribution in [2.24, 2.45) is 5.73 Å². The first-order valence-corrected chi connectivity index (χ1v) is 7.78. The number of aryl methyl sites for hydroxylation is 1. The summed E-state index contributed by atoms with van der Waals surface area (Å²) in [6.07, 6.45) is 3.87. The van der Waals surface area contributed by atoms with Crippen LogP contribution >= 0.6 is 0 Å². The van der Waals surface area contributed by atoms with E-state index in [-0.39, 0.29) is 6.10 Å². The van der Waals surface area contributed by atoms with Crippen LogP contribution < -0.4 is 5.73 Å². The Morgan fingerprint density at radius 2 is 1.50 bits per heavy atom. The van der Waals surface area contributed by atoms with E-state index in [2.05, 4.69) is 24.3 Å². The Morgan fingerprint density at radius 1 is 0.909 bits per heavy atom. The van der Waals surface area contributed by atoms with Crippen LogP contribution in [0.2, 0.25) is 0 Å². The van der Waals surface area contributed by atoms with Crippen LogP contribution in [-0.4, -0.2) is 12.2 Å². The van der Waals surface area contributed by atoms with Crippen molar-refractivity contribution < 1.29 is 9.53 Å². The number of primary amides is 1. The number of nitrogens with two attached hydrogens (primary N) is 1. The van der Waals surface area contributed by atoms with Gasteiger partial charge in [0.15, 0.2) is 0 Å². The van der Waals surface area contributed by atoms with Gasteiger partial charge in [0, 0.05) is 6.42 Å². The van der Waals surface area contributed by atoms with Crippen molar-refractivity contribution in [2.75, 3.05) is 0 Å². The Hall–Kier alpha value is -2.29. The van der Waals surface area contributed by atoms with Gasteiger partial charge in [0.2, 0.25) is 0 Å². The normalized spacial score (nSPS) is 11.8. The second kappa shape index (κ2) is 8.88. The quantitative estimate of drug-likeness (QED) is 0.746. The third kappa shape index (κ3) is 6.00. The maximum absolute atomic E-state index is 11.1. The van der Waals surface area contributed by atoms with Gasteiger partial charge in [-0.2, -0.15) is 0 Å². The van der Waals surface area contributed by atoms with Crippen LogP contribution in [-0.2, 0) is 17.6 Å². The van der Waals surface area contributed by atoms with Gasteiger partial charge in [-0.15, -0.1) is 0 Å². The molecule has 2 aromatic carbocycles. The molecule has 0 aliphatic rings. The molecule has 1 amide bonds. The molecule has 116 valence electrons. The summed E-state index contributed by atoms with van der Waals surface area (Å²) in [6.45, 7) is 0. The topological polar surface area (TPSA) is 52.3 Å². The van der Waals surface area contributed by atoms with Crippen molar-refractivity contribution in [2.45, 2.75) is 38.2 Å². The molecule has 0 saturated carbocycles. The van der Waals surface area contributed by atoms with Gasteiger partial charge in [-0.05, 0) is 36.8 Å². The summed E-state index contributed by atoms with van der Waals surface area (Å²) in [7, 11) is 0. The van der Waals surface area contributed by atoms with Gasteiger partial charge in [0.1, 0.15) is 6.10 Å². The number of benzene rings is 2. The number of hydrogen-bond acceptors (Lipinski definition) is 2.